The molecule has 0 bridgehead atoms. The molecule has 1 aromatic carbocycles. The van der Waals surface area contributed by atoms with Gasteiger partial charge in [0.15, 0.2) is 0 Å². The Bertz CT molecular complexity index is 506. The summed E-state index contributed by atoms with van der Waals surface area (Å²) in [7, 11) is 0. The monoisotopic (exact) mass is 262 g/mol. The van der Waals surface area contributed by atoms with Crippen LogP contribution in [0.1, 0.15) is 36.8 Å². The van der Waals surface area contributed by atoms with Crippen molar-refractivity contribution >= 4 is 0 Å². The lowest BCUT2D eigenvalue weighted by atomic mass is 10.1. The van der Waals surface area contributed by atoms with Crippen molar-refractivity contribution in [3.05, 3.63) is 46.5 Å². The van der Waals surface area contributed by atoms with Crippen molar-refractivity contribution in [2.45, 2.75) is 32.2 Å². The average Bonchev–Trinajstić information content (AvgIpc) is 2.89. The summed E-state index contributed by atoms with van der Waals surface area (Å²) in [6.45, 7) is 0.862. The van der Waals surface area contributed by atoms with E-state index in [1.807, 2.05) is 0 Å². The Morgan fingerprint density at radius 2 is 2.00 bits per heavy atom. The van der Waals surface area contributed by atoms with Crippen LogP contribution in [0.15, 0.2) is 23.8 Å². The number of hydrogen-bond acceptors (Lipinski definition) is 2. The second-order valence-electron chi connectivity index (χ2n) is 4.71. The van der Waals surface area contributed by atoms with Crippen LogP contribution < -0.4 is 5.32 Å². The molecular weight excluding hydrogens is 246 g/mol. The maximum Gasteiger partial charge on any atom is 0.131 e. The number of nitriles is 1. The molecule has 0 spiro atoms. The summed E-state index contributed by atoms with van der Waals surface area (Å²) in [5.74, 6) is -1.33. The molecular formula is C15H16F2N2. The highest BCUT2D eigenvalue weighted by Gasteiger charge is 2.11. The minimum absolute atomic E-state index is 0.000554. The summed E-state index contributed by atoms with van der Waals surface area (Å²) in [6.07, 6.45) is 6.67. The van der Waals surface area contributed by atoms with Gasteiger partial charge in [0.25, 0.3) is 0 Å². The van der Waals surface area contributed by atoms with Crippen molar-refractivity contribution in [1.82, 2.24) is 5.32 Å². The third-order valence-electron chi connectivity index (χ3n) is 3.33. The van der Waals surface area contributed by atoms with E-state index in [1.165, 1.54) is 12.0 Å². The minimum atomic E-state index is -0.663. The molecule has 0 saturated carbocycles. The lowest BCUT2D eigenvalue weighted by Gasteiger charge is -2.08. The number of rotatable bonds is 5. The number of halogens is 2. The van der Waals surface area contributed by atoms with Gasteiger partial charge in [-0.2, -0.15) is 5.26 Å². The molecule has 19 heavy (non-hydrogen) atoms. The van der Waals surface area contributed by atoms with E-state index in [0.717, 1.165) is 31.4 Å². The molecule has 1 aliphatic carbocycles. The third kappa shape index (κ3) is 3.62. The van der Waals surface area contributed by atoms with Crippen LogP contribution in [-0.4, -0.2) is 6.54 Å². The van der Waals surface area contributed by atoms with Crippen LogP contribution in [-0.2, 0) is 6.54 Å². The molecule has 1 N–H and O–H groups in total. The van der Waals surface area contributed by atoms with Crippen LogP contribution in [0.2, 0.25) is 0 Å². The van der Waals surface area contributed by atoms with Crippen LogP contribution in [0.5, 0.6) is 0 Å². The molecule has 0 radical (unpaired) electrons. The highest BCUT2D eigenvalue weighted by atomic mass is 19.1. The van der Waals surface area contributed by atoms with Gasteiger partial charge in [-0.15, -0.1) is 0 Å². The first-order chi connectivity index (χ1) is 9.20. The van der Waals surface area contributed by atoms with Gasteiger partial charge in [-0.1, -0.05) is 11.6 Å². The predicted octanol–water partition coefficient (Wildman–Crippen LogP) is 3.43. The number of nitrogens with one attached hydrogen (secondary N) is 1. The van der Waals surface area contributed by atoms with E-state index in [9.17, 15) is 8.78 Å². The average molecular weight is 262 g/mol. The second-order valence-corrected chi connectivity index (χ2v) is 4.71. The van der Waals surface area contributed by atoms with Gasteiger partial charge in [0.1, 0.15) is 11.6 Å². The Labute approximate surface area is 111 Å². The molecule has 1 aromatic rings. The van der Waals surface area contributed by atoms with Gasteiger partial charge < -0.3 is 5.32 Å². The number of benzene rings is 1. The maximum absolute atomic E-state index is 13.6. The third-order valence-corrected chi connectivity index (χ3v) is 3.33. The van der Waals surface area contributed by atoms with E-state index in [1.54, 1.807) is 6.07 Å². The molecule has 100 valence electrons. The van der Waals surface area contributed by atoms with Crippen LogP contribution in [0.4, 0.5) is 8.78 Å². The van der Waals surface area contributed by atoms with Gasteiger partial charge in [-0.25, -0.2) is 8.78 Å². The molecule has 2 rings (SSSR count). The zero-order chi connectivity index (χ0) is 13.7. The van der Waals surface area contributed by atoms with Gasteiger partial charge in [0, 0.05) is 12.1 Å². The van der Waals surface area contributed by atoms with Crippen molar-refractivity contribution in [1.29, 1.82) is 5.26 Å². The van der Waals surface area contributed by atoms with E-state index in [4.69, 9.17) is 5.26 Å². The molecule has 0 saturated heterocycles. The van der Waals surface area contributed by atoms with Crippen molar-refractivity contribution in [2.24, 2.45) is 0 Å². The van der Waals surface area contributed by atoms with Gasteiger partial charge in [-0.05, 0) is 44.4 Å². The van der Waals surface area contributed by atoms with Crippen LogP contribution >= 0.6 is 0 Å². The largest absolute Gasteiger partial charge is 0.312 e. The van der Waals surface area contributed by atoms with Crippen molar-refractivity contribution < 1.29 is 8.78 Å². The highest BCUT2D eigenvalue weighted by Crippen LogP contribution is 2.20. The van der Waals surface area contributed by atoms with Gasteiger partial charge >= 0.3 is 0 Å². The number of allylic oxidation sites excluding steroid dienone is 1. The fourth-order valence-corrected chi connectivity index (χ4v) is 2.26. The second kappa shape index (κ2) is 6.44. The van der Waals surface area contributed by atoms with Crippen molar-refractivity contribution in [2.75, 3.05) is 6.54 Å². The Balaban J connectivity index is 1.87. The number of nitrogens with zero attached hydrogens (tertiary/aromatic N) is 1. The normalized spacial score (nSPS) is 14.3. The van der Waals surface area contributed by atoms with E-state index in [-0.39, 0.29) is 17.7 Å². The predicted molar refractivity (Wildman–Crippen MR) is 69.3 cm³/mol. The smallest absolute Gasteiger partial charge is 0.131 e. The molecule has 1 aliphatic rings. The van der Waals surface area contributed by atoms with E-state index >= 15 is 0 Å². The van der Waals surface area contributed by atoms with Crippen LogP contribution in [0.3, 0.4) is 0 Å². The van der Waals surface area contributed by atoms with Crippen LogP contribution in [0, 0.1) is 23.0 Å². The fourth-order valence-electron chi connectivity index (χ4n) is 2.26. The van der Waals surface area contributed by atoms with Crippen molar-refractivity contribution in [3.63, 3.8) is 0 Å². The minimum Gasteiger partial charge on any atom is -0.312 e. The van der Waals surface area contributed by atoms with E-state index in [0.29, 0.717) is 6.54 Å². The van der Waals surface area contributed by atoms with Gasteiger partial charge in [-0.3, -0.25) is 0 Å². The van der Waals surface area contributed by atoms with Gasteiger partial charge in [0.2, 0.25) is 0 Å². The lowest BCUT2D eigenvalue weighted by Crippen LogP contribution is -2.17. The fraction of sp³-hybridized carbons (Fsp3) is 0.400. The van der Waals surface area contributed by atoms with Gasteiger partial charge in [0.05, 0.1) is 11.6 Å². The first kappa shape index (κ1) is 13.7. The molecule has 0 aromatic heterocycles. The molecule has 4 heteroatoms. The standard InChI is InChI=1S/C15H16F2N2/c16-14-7-12(9-18)8-15(17)13(14)10-19-6-5-11-3-1-2-4-11/h3,7-8,19H,1-2,4-6,10H2. The van der Waals surface area contributed by atoms with E-state index in [2.05, 4.69) is 11.4 Å². The summed E-state index contributed by atoms with van der Waals surface area (Å²) >= 11 is 0. The Hall–Kier alpha value is -1.73. The quantitative estimate of drug-likeness (QED) is 0.652. The summed E-state index contributed by atoms with van der Waals surface area (Å²) in [6, 6.07) is 3.87. The maximum atomic E-state index is 13.6. The van der Waals surface area contributed by atoms with Crippen LogP contribution in [0.25, 0.3) is 0 Å². The molecule has 0 atom stereocenters. The molecule has 0 aliphatic heterocycles. The zero-order valence-corrected chi connectivity index (χ0v) is 10.7. The lowest BCUT2D eigenvalue weighted by molar-refractivity contribution is 0.535. The molecule has 0 unspecified atom stereocenters. The first-order valence-electron chi connectivity index (χ1n) is 6.47. The Kier molecular flexibility index (Phi) is 4.64. The molecule has 0 heterocycles. The zero-order valence-electron chi connectivity index (χ0n) is 10.7. The SMILES string of the molecule is N#Cc1cc(F)c(CNCCC2=CCCC2)c(F)c1. The Morgan fingerprint density at radius 3 is 2.58 bits per heavy atom. The highest BCUT2D eigenvalue weighted by molar-refractivity contribution is 5.34. The molecule has 0 fully saturated rings. The summed E-state index contributed by atoms with van der Waals surface area (Å²) in [5.41, 5.74) is 1.43. The summed E-state index contributed by atoms with van der Waals surface area (Å²) in [4.78, 5) is 0. The van der Waals surface area contributed by atoms with E-state index < -0.39 is 11.6 Å². The van der Waals surface area contributed by atoms with Crippen molar-refractivity contribution in [3.8, 4) is 6.07 Å². The summed E-state index contributed by atoms with van der Waals surface area (Å²) < 4.78 is 27.2. The first-order valence-corrected chi connectivity index (χ1v) is 6.47. The molecule has 2 nitrogen and oxygen atoms in total. The topological polar surface area (TPSA) is 35.8 Å². The Morgan fingerprint density at radius 1 is 1.26 bits per heavy atom. The summed E-state index contributed by atoms with van der Waals surface area (Å²) in [5, 5.41) is 11.7. The molecule has 0 amide bonds. The number of hydrogen-bond donors (Lipinski definition) is 1.